The first-order valence-corrected chi connectivity index (χ1v) is 6.96. The Morgan fingerprint density at radius 3 is 1.89 bits per heavy atom. The second-order valence-electron chi connectivity index (χ2n) is 5.99. The molecule has 0 atom stereocenters. The molecular formula is C15H28O3. The van der Waals surface area contributed by atoms with Crippen LogP contribution in [0.3, 0.4) is 0 Å². The Morgan fingerprint density at radius 1 is 0.944 bits per heavy atom. The van der Waals surface area contributed by atoms with E-state index in [-0.39, 0.29) is 5.41 Å². The molecule has 0 aliphatic rings. The minimum absolute atomic E-state index is 0.0818. The minimum atomic E-state index is 0.0818. The van der Waals surface area contributed by atoms with Crippen LogP contribution in [0.25, 0.3) is 0 Å². The van der Waals surface area contributed by atoms with Crippen LogP contribution in [0.4, 0.5) is 0 Å². The number of rotatable bonds is 10. The zero-order valence-corrected chi connectivity index (χ0v) is 12.4. The quantitative estimate of drug-likeness (QED) is 0.561. The molecule has 0 amide bonds. The Morgan fingerprint density at radius 2 is 1.44 bits per heavy atom. The van der Waals surface area contributed by atoms with Crippen LogP contribution in [0.5, 0.6) is 0 Å². The normalized spacial score (nSPS) is 11.6. The maximum atomic E-state index is 11.6. The summed E-state index contributed by atoms with van der Waals surface area (Å²) >= 11 is 0. The summed E-state index contributed by atoms with van der Waals surface area (Å²) < 4.78 is 5.40. The van der Waals surface area contributed by atoms with Gasteiger partial charge in [0.1, 0.15) is 11.6 Å². The molecule has 0 heterocycles. The van der Waals surface area contributed by atoms with Crippen molar-refractivity contribution in [2.24, 2.45) is 5.41 Å². The van der Waals surface area contributed by atoms with E-state index in [1.165, 1.54) is 0 Å². The minimum Gasteiger partial charge on any atom is -0.381 e. The Bertz CT molecular complexity index is 251. The summed E-state index contributed by atoms with van der Waals surface area (Å²) in [6.45, 7) is 9.35. The smallest absolute Gasteiger partial charge is 0.133 e. The Hall–Kier alpha value is -0.700. The van der Waals surface area contributed by atoms with E-state index in [1.54, 1.807) is 0 Å². The number of Topliss-reactive ketones (excluding diaryl/α,β-unsaturated/α-hetero) is 2. The topological polar surface area (TPSA) is 43.4 Å². The van der Waals surface area contributed by atoms with Gasteiger partial charge in [-0.3, -0.25) is 9.59 Å². The predicted molar refractivity (Wildman–Crippen MR) is 73.7 cm³/mol. The largest absolute Gasteiger partial charge is 0.381 e. The van der Waals surface area contributed by atoms with Crippen molar-refractivity contribution >= 4 is 11.6 Å². The molecule has 0 radical (unpaired) electrons. The lowest BCUT2D eigenvalue weighted by molar-refractivity contribution is -0.121. The van der Waals surface area contributed by atoms with Crippen LogP contribution < -0.4 is 0 Å². The van der Waals surface area contributed by atoms with Gasteiger partial charge in [0.2, 0.25) is 0 Å². The SMILES string of the molecule is CCC(=O)CCCOCCCC(=O)CC(C)(C)C. The van der Waals surface area contributed by atoms with Gasteiger partial charge >= 0.3 is 0 Å². The Labute approximate surface area is 111 Å². The van der Waals surface area contributed by atoms with Gasteiger partial charge in [-0.15, -0.1) is 0 Å². The number of ketones is 2. The van der Waals surface area contributed by atoms with Gasteiger partial charge in [-0.1, -0.05) is 27.7 Å². The van der Waals surface area contributed by atoms with Crippen LogP contribution in [0.15, 0.2) is 0 Å². The summed E-state index contributed by atoms with van der Waals surface area (Å²) in [6, 6.07) is 0. The molecule has 0 aliphatic carbocycles. The van der Waals surface area contributed by atoms with Gasteiger partial charge in [0.25, 0.3) is 0 Å². The summed E-state index contributed by atoms with van der Waals surface area (Å²) in [6.07, 6.45) is 4.04. The maximum absolute atomic E-state index is 11.6. The lowest BCUT2D eigenvalue weighted by atomic mass is 9.89. The number of carbonyl (C=O) groups is 2. The average Bonchev–Trinajstić information content (AvgIpc) is 2.25. The maximum Gasteiger partial charge on any atom is 0.133 e. The number of ether oxygens (including phenoxy) is 1. The van der Waals surface area contributed by atoms with Crippen molar-refractivity contribution in [1.29, 1.82) is 0 Å². The van der Waals surface area contributed by atoms with Gasteiger partial charge in [-0.05, 0) is 18.3 Å². The standard InChI is InChI=1S/C15H28O3/c1-5-13(16)8-6-10-18-11-7-9-14(17)12-15(2,3)4/h5-12H2,1-4H3. The van der Waals surface area contributed by atoms with E-state index in [0.29, 0.717) is 50.5 Å². The fourth-order valence-corrected chi connectivity index (χ4v) is 1.70. The molecule has 106 valence electrons. The third-order valence-corrected chi connectivity index (χ3v) is 2.61. The predicted octanol–water partition coefficient (Wildman–Crippen LogP) is 3.55. The lowest BCUT2D eigenvalue weighted by Crippen LogP contribution is -2.13. The molecule has 0 aromatic heterocycles. The highest BCUT2D eigenvalue weighted by atomic mass is 16.5. The third-order valence-electron chi connectivity index (χ3n) is 2.61. The molecule has 0 fully saturated rings. The van der Waals surface area contributed by atoms with Crippen molar-refractivity contribution in [3.63, 3.8) is 0 Å². The zero-order valence-electron chi connectivity index (χ0n) is 12.4. The molecule has 0 saturated carbocycles. The van der Waals surface area contributed by atoms with Crippen LogP contribution in [0.2, 0.25) is 0 Å². The van der Waals surface area contributed by atoms with E-state index >= 15 is 0 Å². The molecule has 0 saturated heterocycles. The summed E-state index contributed by atoms with van der Waals surface area (Å²) in [5.74, 6) is 0.603. The molecule has 0 aromatic carbocycles. The van der Waals surface area contributed by atoms with Crippen molar-refractivity contribution in [3.05, 3.63) is 0 Å². The molecule has 18 heavy (non-hydrogen) atoms. The van der Waals surface area contributed by atoms with Gasteiger partial charge in [-0.25, -0.2) is 0 Å². The number of carbonyl (C=O) groups excluding carboxylic acids is 2. The monoisotopic (exact) mass is 256 g/mol. The van der Waals surface area contributed by atoms with Crippen LogP contribution in [-0.2, 0) is 14.3 Å². The first-order chi connectivity index (χ1) is 8.35. The molecule has 0 aromatic rings. The molecule has 0 unspecified atom stereocenters. The summed E-state index contributed by atoms with van der Waals surface area (Å²) in [4.78, 5) is 22.6. The van der Waals surface area contributed by atoms with Crippen LogP contribution >= 0.6 is 0 Å². The molecule has 3 nitrogen and oxygen atoms in total. The zero-order chi connectivity index (χ0) is 14.0. The second kappa shape index (κ2) is 9.26. The Kier molecular flexibility index (Phi) is 8.90. The first-order valence-electron chi connectivity index (χ1n) is 6.96. The van der Waals surface area contributed by atoms with E-state index < -0.39 is 0 Å². The van der Waals surface area contributed by atoms with Crippen LogP contribution in [0, 0.1) is 5.41 Å². The molecule has 0 rings (SSSR count). The van der Waals surface area contributed by atoms with Crippen LogP contribution in [-0.4, -0.2) is 24.8 Å². The van der Waals surface area contributed by atoms with Crippen molar-refractivity contribution in [2.45, 2.75) is 66.2 Å². The first kappa shape index (κ1) is 17.3. The van der Waals surface area contributed by atoms with E-state index in [0.717, 1.165) is 12.8 Å². The van der Waals surface area contributed by atoms with Gasteiger partial charge in [0, 0.05) is 38.9 Å². The lowest BCUT2D eigenvalue weighted by Gasteiger charge is -2.16. The van der Waals surface area contributed by atoms with E-state index in [9.17, 15) is 9.59 Å². The van der Waals surface area contributed by atoms with Gasteiger partial charge in [0.15, 0.2) is 0 Å². The highest BCUT2D eigenvalue weighted by Gasteiger charge is 2.15. The third kappa shape index (κ3) is 11.8. The van der Waals surface area contributed by atoms with Crippen molar-refractivity contribution in [2.75, 3.05) is 13.2 Å². The summed E-state index contributed by atoms with van der Waals surface area (Å²) in [5, 5.41) is 0. The fraction of sp³-hybridized carbons (Fsp3) is 0.867. The molecule has 0 spiro atoms. The van der Waals surface area contributed by atoms with E-state index in [1.807, 2.05) is 6.92 Å². The Balaban J connectivity index is 3.35. The fourth-order valence-electron chi connectivity index (χ4n) is 1.70. The molecule has 0 aliphatic heterocycles. The average molecular weight is 256 g/mol. The summed E-state index contributed by atoms with van der Waals surface area (Å²) in [7, 11) is 0. The van der Waals surface area contributed by atoms with Gasteiger partial charge in [0.05, 0.1) is 0 Å². The van der Waals surface area contributed by atoms with Gasteiger partial charge in [-0.2, -0.15) is 0 Å². The van der Waals surface area contributed by atoms with Crippen molar-refractivity contribution < 1.29 is 14.3 Å². The molecule has 0 N–H and O–H groups in total. The number of hydrogen-bond acceptors (Lipinski definition) is 3. The van der Waals surface area contributed by atoms with Crippen molar-refractivity contribution in [1.82, 2.24) is 0 Å². The highest BCUT2D eigenvalue weighted by molar-refractivity contribution is 5.79. The second-order valence-corrected chi connectivity index (χ2v) is 5.99. The highest BCUT2D eigenvalue weighted by Crippen LogP contribution is 2.19. The molecular weight excluding hydrogens is 228 g/mol. The summed E-state index contributed by atoms with van der Waals surface area (Å²) in [5.41, 5.74) is 0.0818. The number of hydrogen-bond donors (Lipinski definition) is 0. The molecule has 3 heteroatoms. The van der Waals surface area contributed by atoms with Crippen LogP contribution in [0.1, 0.15) is 66.2 Å². The van der Waals surface area contributed by atoms with Gasteiger partial charge < -0.3 is 4.74 Å². The van der Waals surface area contributed by atoms with E-state index in [2.05, 4.69) is 20.8 Å². The molecule has 0 bridgehead atoms. The van der Waals surface area contributed by atoms with E-state index in [4.69, 9.17) is 4.74 Å². The van der Waals surface area contributed by atoms with Crippen molar-refractivity contribution in [3.8, 4) is 0 Å².